The molecule has 0 amide bonds. The van der Waals surface area contributed by atoms with E-state index in [1.807, 2.05) is 6.26 Å². The Bertz CT molecular complexity index is 343. The van der Waals surface area contributed by atoms with Crippen LogP contribution < -0.4 is 5.32 Å². The molecule has 0 saturated carbocycles. The third-order valence-corrected chi connectivity index (χ3v) is 3.71. The summed E-state index contributed by atoms with van der Waals surface area (Å²) in [4.78, 5) is 15.1. The second kappa shape index (κ2) is 6.58. The normalized spacial score (nSPS) is 10.3. The lowest BCUT2D eigenvalue weighted by molar-refractivity contribution is -0.117. The average Bonchev–Trinajstić information content (AvgIpc) is 2.51. The molecule has 0 fully saturated rings. The fraction of sp³-hybridized carbons (Fsp3) is 0.500. The third kappa shape index (κ3) is 4.59. The summed E-state index contributed by atoms with van der Waals surface area (Å²) in [7, 11) is 0. The molecule has 1 N–H and O–H groups in total. The van der Waals surface area contributed by atoms with E-state index in [0.717, 1.165) is 5.75 Å². The Kier molecular flexibility index (Phi) is 5.74. The van der Waals surface area contributed by atoms with Crippen LogP contribution in [0.25, 0.3) is 0 Å². The van der Waals surface area contributed by atoms with E-state index in [1.54, 1.807) is 11.8 Å². The summed E-state index contributed by atoms with van der Waals surface area (Å²) < 4.78 is 0.374. The summed E-state index contributed by atoms with van der Waals surface area (Å²) in [6, 6.07) is 0. The van der Waals surface area contributed by atoms with E-state index in [1.165, 1.54) is 11.3 Å². The maximum absolute atomic E-state index is 11.3. The van der Waals surface area contributed by atoms with Gasteiger partial charge in [0.2, 0.25) is 0 Å². The zero-order valence-electron chi connectivity index (χ0n) is 8.05. The van der Waals surface area contributed by atoms with Crippen molar-refractivity contribution >= 4 is 57.1 Å². The van der Waals surface area contributed by atoms with E-state index >= 15 is 0 Å². The van der Waals surface area contributed by atoms with Crippen LogP contribution in [-0.4, -0.2) is 29.3 Å². The van der Waals surface area contributed by atoms with Gasteiger partial charge in [0.25, 0.3) is 0 Å². The number of nitrogens with zero attached hydrogens (tertiary/aromatic N) is 1. The van der Waals surface area contributed by atoms with Crippen molar-refractivity contribution in [3.05, 3.63) is 9.62 Å². The first-order valence-corrected chi connectivity index (χ1v) is 7.16. The zero-order chi connectivity index (χ0) is 11.3. The molecule has 0 bridgehead atoms. The molecule has 3 nitrogen and oxygen atoms in total. The van der Waals surface area contributed by atoms with Crippen LogP contribution in [-0.2, 0) is 4.79 Å². The maximum atomic E-state index is 11.3. The number of carbonyl (C=O) groups excluding carboxylic acids is 1. The van der Waals surface area contributed by atoms with Crippen molar-refractivity contribution in [2.75, 3.05) is 23.9 Å². The third-order valence-electron chi connectivity index (χ3n) is 1.59. The SMILES string of the molecule is CSCCC(=O)CNc1sc(Cl)nc1Cl. The molecule has 0 aromatic carbocycles. The van der Waals surface area contributed by atoms with Crippen molar-refractivity contribution in [2.45, 2.75) is 6.42 Å². The number of thiazole rings is 1. The topological polar surface area (TPSA) is 42.0 Å². The summed E-state index contributed by atoms with van der Waals surface area (Å²) in [5, 5.41) is 3.90. The largest absolute Gasteiger partial charge is 0.367 e. The Morgan fingerprint density at radius 2 is 2.33 bits per heavy atom. The molecule has 0 radical (unpaired) electrons. The highest BCUT2D eigenvalue weighted by Crippen LogP contribution is 2.31. The van der Waals surface area contributed by atoms with E-state index in [9.17, 15) is 4.79 Å². The van der Waals surface area contributed by atoms with E-state index in [2.05, 4.69) is 10.3 Å². The first-order chi connectivity index (χ1) is 7.13. The smallest absolute Gasteiger partial charge is 0.187 e. The second-order valence-electron chi connectivity index (χ2n) is 2.72. The fourth-order valence-corrected chi connectivity index (χ4v) is 2.56. The molecule has 0 aliphatic rings. The van der Waals surface area contributed by atoms with Crippen molar-refractivity contribution in [1.29, 1.82) is 0 Å². The summed E-state index contributed by atoms with van der Waals surface area (Å²) in [5.41, 5.74) is 0. The summed E-state index contributed by atoms with van der Waals surface area (Å²) in [6.45, 7) is 0.277. The minimum absolute atomic E-state index is 0.157. The van der Waals surface area contributed by atoms with Crippen LogP contribution in [0.15, 0.2) is 0 Å². The molecule has 1 rings (SSSR count). The van der Waals surface area contributed by atoms with Gasteiger partial charge in [-0.15, -0.1) is 0 Å². The van der Waals surface area contributed by atoms with Crippen molar-refractivity contribution in [2.24, 2.45) is 0 Å². The molecule has 84 valence electrons. The Balaban J connectivity index is 2.36. The monoisotopic (exact) mass is 284 g/mol. The lowest BCUT2D eigenvalue weighted by Gasteiger charge is -2.01. The molecule has 0 aliphatic carbocycles. The molecule has 0 aliphatic heterocycles. The van der Waals surface area contributed by atoms with Crippen molar-refractivity contribution in [1.82, 2.24) is 4.98 Å². The van der Waals surface area contributed by atoms with Crippen LogP contribution in [0.2, 0.25) is 9.62 Å². The van der Waals surface area contributed by atoms with Gasteiger partial charge in [0.05, 0.1) is 6.54 Å². The average molecular weight is 285 g/mol. The number of halogens is 2. The predicted molar refractivity (Wildman–Crippen MR) is 68.6 cm³/mol. The van der Waals surface area contributed by atoms with Crippen LogP contribution in [0.1, 0.15) is 6.42 Å². The highest BCUT2D eigenvalue weighted by molar-refractivity contribution is 7.98. The number of rotatable bonds is 6. The lowest BCUT2D eigenvalue weighted by Crippen LogP contribution is -2.13. The zero-order valence-corrected chi connectivity index (χ0v) is 11.2. The Labute approximate surface area is 107 Å². The molecule has 0 unspecified atom stereocenters. The van der Waals surface area contributed by atoms with Gasteiger partial charge in [0.1, 0.15) is 5.00 Å². The van der Waals surface area contributed by atoms with Crippen LogP contribution >= 0.6 is 46.3 Å². The minimum Gasteiger partial charge on any atom is -0.367 e. The molecule has 0 saturated heterocycles. The van der Waals surface area contributed by atoms with Crippen LogP contribution in [0.4, 0.5) is 5.00 Å². The predicted octanol–water partition coefficient (Wildman–Crippen LogP) is 3.18. The number of Topliss-reactive ketones (excluding diaryl/α,β-unsaturated/α-hetero) is 1. The minimum atomic E-state index is 0.157. The van der Waals surface area contributed by atoms with Gasteiger partial charge in [0.15, 0.2) is 15.4 Å². The second-order valence-corrected chi connectivity index (χ2v) is 5.65. The first-order valence-electron chi connectivity index (χ1n) is 4.20. The van der Waals surface area contributed by atoms with Gasteiger partial charge in [-0.1, -0.05) is 34.5 Å². The molecule has 1 aromatic heterocycles. The van der Waals surface area contributed by atoms with Crippen LogP contribution in [0, 0.1) is 0 Å². The van der Waals surface area contributed by atoms with Gasteiger partial charge >= 0.3 is 0 Å². The highest BCUT2D eigenvalue weighted by atomic mass is 35.5. The fourth-order valence-electron chi connectivity index (χ4n) is 0.869. The number of aromatic nitrogens is 1. The van der Waals surface area contributed by atoms with Gasteiger partial charge in [0, 0.05) is 6.42 Å². The molecular weight excluding hydrogens is 275 g/mol. The first kappa shape index (κ1) is 13.1. The van der Waals surface area contributed by atoms with E-state index in [-0.39, 0.29) is 12.3 Å². The molecular formula is C8H10Cl2N2OS2. The molecule has 0 spiro atoms. The molecule has 15 heavy (non-hydrogen) atoms. The van der Waals surface area contributed by atoms with Gasteiger partial charge in [-0.2, -0.15) is 11.8 Å². The number of carbonyl (C=O) groups is 1. The van der Waals surface area contributed by atoms with Crippen molar-refractivity contribution in [3.63, 3.8) is 0 Å². The van der Waals surface area contributed by atoms with Gasteiger partial charge in [-0.05, 0) is 12.0 Å². The standard InChI is InChI=1S/C8H10Cl2N2OS2/c1-14-3-2-5(13)4-11-7-6(9)12-8(10)15-7/h11H,2-4H2,1H3. The number of anilines is 1. The van der Waals surface area contributed by atoms with Gasteiger partial charge < -0.3 is 5.32 Å². The van der Waals surface area contributed by atoms with Gasteiger partial charge in [-0.3, -0.25) is 4.79 Å². The molecule has 1 heterocycles. The van der Waals surface area contributed by atoms with E-state index in [4.69, 9.17) is 23.2 Å². The Morgan fingerprint density at radius 3 is 2.87 bits per heavy atom. The Hall–Kier alpha value is 0.0300. The number of thioether (sulfide) groups is 1. The van der Waals surface area contributed by atoms with Crippen molar-refractivity contribution < 1.29 is 4.79 Å². The van der Waals surface area contributed by atoms with E-state index < -0.39 is 0 Å². The lowest BCUT2D eigenvalue weighted by atomic mass is 10.3. The number of hydrogen-bond acceptors (Lipinski definition) is 5. The maximum Gasteiger partial charge on any atom is 0.187 e. The Morgan fingerprint density at radius 1 is 1.60 bits per heavy atom. The number of nitrogens with one attached hydrogen (secondary N) is 1. The van der Waals surface area contributed by atoms with Crippen LogP contribution in [0.5, 0.6) is 0 Å². The number of ketones is 1. The number of hydrogen-bond donors (Lipinski definition) is 1. The highest BCUT2D eigenvalue weighted by Gasteiger charge is 2.08. The molecule has 7 heteroatoms. The van der Waals surface area contributed by atoms with E-state index in [0.29, 0.717) is 21.0 Å². The van der Waals surface area contributed by atoms with Gasteiger partial charge in [-0.25, -0.2) is 4.98 Å². The summed E-state index contributed by atoms with van der Waals surface area (Å²) in [6.07, 6.45) is 2.54. The quantitative estimate of drug-likeness (QED) is 0.871. The summed E-state index contributed by atoms with van der Waals surface area (Å²) >= 11 is 14.3. The molecule has 1 aromatic rings. The van der Waals surface area contributed by atoms with Crippen molar-refractivity contribution in [3.8, 4) is 0 Å². The summed E-state index contributed by atoms with van der Waals surface area (Å²) in [5.74, 6) is 1.00. The van der Waals surface area contributed by atoms with Crippen LogP contribution in [0.3, 0.4) is 0 Å². The molecule has 0 atom stereocenters.